The summed E-state index contributed by atoms with van der Waals surface area (Å²) in [6.07, 6.45) is 0.211. The average Bonchev–Trinajstić information content (AvgIpc) is 2.60. The molecule has 2 aromatic carbocycles. The number of carbonyl (C=O) groups is 2. The number of hydrogen-bond acceptors (Lipinski definition) is 4. The van der Waals surface area contributed by atoms with Crippen molar-refractivity contribution in [3.8, 4) is 0 Å². The van der Waals surface area contributed by atoms with Crippen LogP contribution in [0.2, 0.25) is 10.0 Å². The summed E-state index contributed by atoms with van der Waals surface area (Å²) in [7, 11) is 0. The molecule has 2 unspecified atom stereocenters. The molecular weight excluding hydrogens is 375 g/mol. The van der Waals surface area contributed by atoms with E-state index in [0.717, 1.165) is 0 Å². The van der Waals surface area contributed by atoms with Crippen LogP contribution in [0.3, 0.4) is 0 Å². The largest absolute Gasteiger partial charge is 0.459 e. The molecule has 0 aliphatic rings. The van der Waals surface area contributed by atoms with Gasteiger partial charge in [0.25, 0.3) is 0 Å². The van der Waals surface area contributed by atoms with Gasteiger partial charge in [-0.2, -0.15) is 0 Å². The van der Waals surface area contributed by atoms with Crippen LogP contribution in [-0.4, -0.2) is 24.1 Å². The average molecular weight is 395 g/mol. The first kappa shape index (κ1) is 20.3. The highest BCUT2D eigenvalue weighted by molar-refractivity contribution is 6.31. The van der Waals surface area contributed by atoms with E-state index in [2.05, 4.69) is 0 Å². The number of ether oxygens (including phenoxy) is 2. The summed E-state index contributed by atoms with van der Waals surface area (Å²) in [5.41, 5.74) is 0.771. The van der Waals surface area contributed by atoms with E-state index in [-0.39, 0.29) is 6.10 Å². The summed E-state index contributed by atoms with van der Waals surface area (Å²) >= 11 is 11.8. The van der Waals surface area contributed by atoms with Gasteiger partial charge in [0.05, 0.1) is 11.1 Å². The third-order valence-electron chi connectivity index (χ3n) is 3.75. The molecule has 0 aliphatic heterocycles. The second-order valence-corrected chi connectivity index (χ2v) is 6.78. The van der Waals surface area contributed by atoms with Crippen molar-refractivity contribution in [2.24, 2.45) is 0 Å². The number of hydrogen-bond donors (Lipinski definition) is 0. The molecule has 2 rings (SSSR count). The standard InChI is InChI=1S/C20H20Cl2O4/c1-3-18(26-20(24)15-7-5-9-17(22)12-15)10-13(2)25-19(23)14-6-4-8-16(21)11-14/h4-9,11-13,18H,3,10H2,1-2H3. The fourth-order valence-corrected chi connectivity index (χ4v) is 2.80. The zero-order valence-electron chi connectivity index (χ0n) is 14.6. The first-order valence-corrected chi connectivity index (χ1v) is 9.07. The van der Waals surface area contributed by atoms with Gasteiger partial charge in [0.2, 0.25) is 0 Å². The molecule has 0 aromatic heterocycles. The molecule has 0 spiro atoms. The minimum atomic E-state index is -0.462. The minimum absolute atomic E-state index is 0.372. The third-order valence-corrected chi connectivity index (χ3v) is 4.22. The lowest BCUT2D eigenvalue weighted by atomic mass is 10.1. The molecule has 0 amide bonds. The molecule has 0 aliphatic carbocycles. The maximum atomic E-state index is 12.2. The highest BCUT2D eigenvalue weighted by Crippen LogP contribution is 2.17. The quantitative estimate of drug-likeness (QED) is 0.576. The lowest BCUT2D eigenvalue weighted by Gasteiger charge is -2.20. The van der Waals surface area contributed by atoms with Crippen LogP contribution in [0.5, 0.6) is 0 Å². The van der Waals surface area contributed by atoms with Gasteiger partial charge in [0.15, 0.2) is 0 Å². The van der Waals surface area contributed by atoms with Gasteiger partial charge in [-0.15, -0.1) is 0 Å². The second-order valence-electron chi connectivity index (χ2n) is 5.91. The van der Waals surface area contributed by atoms with Crippen molar-refractivity contribution in [1.82, 2.24) is 0 Å². The molecule has 2 atom stereocenters. The number of benzene rings is 2. The van der Waals surface area contributed by atoms with Gasteiger partial charge < -0.3 is 9.47 Å². The molecule has 0 radical (unpaired) electrons. The lowest BCUT2D eigenvalue weighted by Crippen LogP contribution is -2.25. The molecular formula is C20H20Cl2O4. The fraction of sp³-hybridized carbons (Fsp3) is 0.300. The van der Waals surface area contributed by atoms with E-state index in [9.17, 15) is 9.59 Å². The Kier molecular flexibility index (Phi) is 7.49. The Morgan fingerprint density at radius 1 is 0.923 bits per heavy atom. The van der Waals surface area contributed by atoms with Gasteiger partial charge in [-0.25, -0.2) is 9.59 Å². The smallest absolute Gasteiger partial charge is 0.338 e. The number of halogens is 2. The van der Waals surface area contributed by atoms with Crippen molar-refractivity contribution in [2.45, 2.75) is 38.9 Å². The highest BCUT2D eigenvalue weighted by Gasteiger charge is 2.20. The van der Waals surface area contributed by atoms with Crippen LogP contribution in [0.25, 0.3) is 0 Å². The molecule has 26 heavy (non-hydrogen) atoms. The van der Waals surface area contributed by atoms with Crippen LogP contribution < -0.4 is 0 Å². The van der Waals surface area contributed by atoms with Crippen LogP contribution in [0.15, 0.2) is 48.5 Å². The van der Waals surface area contributed by atoms with Crippen LogP contribution in [0, 0.1) is 0 Å². The molecule has 0 bridgehead atoms. The van der Waals surface area contributed by atoms with Crippen molar-refractivity contribution in [1.29, 1.82) is 0 Å². The summed E-state index contributed by atoms with van der Waals surface area (Å²) < 4.78 is 10.9. The Balaban J connectivity index is 1.92. The van der Waals surface area contributed by atoms with E-state index < -0.39 is 18.0 Å². The predicted octanol–water partition coefficient (Wildman–Crippen LogP) is 5.56. The van der Waals surface area contributed by atoms with Crippen LogP contribution in [-0.2, 0) is 9.47 Å². The Morgan fingerprint density at radius 3 is 1.88 bits per heavy atom. The normalized spacial score (nSPS) is 12.9. The van der Waals surface area contributed by atoms with Crippen molar-refractivity contribution in [3.63, 3.8) is 0 Å². The topological polar surface area (TPSA) is 52.6 Å². The minimum Gasteiger partial charge on any atom is -0.459 e. The molecule has 138 valence electrons. The summed E-state index contributed by atoms with van der Waals surface area (Å²) in [5.74, 6) is -0.913. The van der Waals surface area contributed by atoms with Gasteiger partial charge in [0, 0.05) is 16.5 Å². The Morgan fingerprint density at radius 2 is 1.42 bits per heavy atom. The molecule has 4 nitrogen and oxygen atoms in total. The van der Waals surface area contributed by atoms with Crippen molar-refractivity contribution in [3.05, 3.63) is 69.7 Å². The summed E-state index contributed by atoms with van der Waals surface area (Å²) in [5, 5.41) is 0.935. The van der Waals surface area contributed by atoms with Crippen LogP contribution in [0.4, 0.5) is 0 Å². The number of esters is 2. The fourth-order valence-electron chi connectivity index (χ4n) is 2.42. The van der Waals surface area contributed by atoms with Gasteiger partial charge in [-0.3, -0.25) is 0 Å². The molecule has 0 saturated carbocycles. The monoisotopic (exact) mass is 394 g/mol. The maximum absolute atomic E-state index is 12.2. The third kappa shape index (κ3) is 6.04. The van der Waals surface area contributed by atoms with Gasteiger partial charge >= 0.3 is 11.9 Å². The molecule has 0 saturated heterocycles. The van der Waals surface area contributed by atoms with E-state index in [0.29, 0.717) is 34.0 Å². The lowest BCUT2D eigenvalue weighted by molar-refractivity contribution is 0.00281. The van der Waals surface area contributed by atoms with Gasteiger partial charge in [-0.05, 0) is 49.7 Å². The molecule has 2 aromatic rings. The summed E-state index contributed by atoms with van der Waals surface area (Å²) in [6, 6.07) is 13.1. The Labute approximate surface area is 163 Å². The van der Waals surface area contributed by atoms with E-state index in [4.69, 9.17) is 32.7 Å². The van der Waals surface area contributed by atoms with Crippen molar-refractivity contribution >= 4 is 35.1 Å². The Bertz CT molecular complexity index is 776. The first-order valence-electron chi connectivity index (χ1n) is 8.32. The maximum Gasteiger partial charge on any atom is 0.338 e. The predicted molar refractivity (Wildman–Crippen MR) is 102 cm³/mol. The molecule has 6 heteroatoms. The highest BCUT2D eigenvalue weighted by atomic mass is 35.5. The van der Waals surface area contributed by atoms with Crippen LogP contribution >= 0.6 is 23.2 Å². The van der Waals surface area contributed by atoms with E-state index in [1.807, 2.05) is 6.92 Å². The van der Waals surface area contributed by atoms with E-state index >= 15 is 0 Å². The van der Waals surface area contributed by atoms with Gasteiger partial charge in [-0.1, -0.05) is 42.3 Å². The Hall–Kier alpha value is -2.04. The van der Waals surface area contributed by atoms with Crippen molar-refractivity contribution in [2.75, 3.05) is 0 Å². The second kappa shape index (κ2) is 9.60. The molecule has 0 heterocycles. The molecule has 0 fully saturated rings. The van der Waals surface area contributed by atoms with E-state index in [1.54, 1.807) is 55.5 Å². The summed E-state index contributed by atoms with van der Waals surface area (Å²) in [6.45, 7) is 3.67. The van der Waals surface area contributed by atoms with Gasteiger partial charge in [0.1, 0.15) is 12.2 Å². The number of carbonyl (C=O) groups excluding carboxylic acids is 2. The zero-order chi connectivity index (χ0) is 19.1. The summed E-state index contributed by atoms with van der Waals surface area (Å²) in [4.78, 5) is 24.4. The van der Waals surface area contributed by atoms with Crippen molar-refractivity contribution < 1.29 is 19.1 Å². The first-order chi connectivity index (χ1) is 12.4. The number of rotatable bonds is 7. The van der Waals surface area contributed by atoms with E-state index in [1.165, 1.54) is 0 Å². The van der Waals surface area contributed by atoms with Crippen LogP contribution in [0.1, 0.15) is 47.4 Å². The zero-order valence-corrected chi connectivity index (χ0v) is 16.1. The SMILES string of the molecule is CCC(CC(C)OC(=O)c1cccc(Cl)c1)OC(=O)c1cccc(Cl)c1. The molecule has 0 N–H and O–H groups in total.